The van der Waals surface area contributed by atoms with E-state index in [1.807, 2.05) is 0 Å². The van der Waals surface area contributed by atoms with E-state index >= 15 is 0 Å². The molecule has 0 bridgehead atoms. The molecule has 100 valence electrons. The molecule has 0 amide bonds. The molecule has 1 heterocycles. The summed E-state index contributed by atoms with van der Waals surface area (Å²) in [5.41, 5.74) is 5.16. The van der Waals surface area contributed by atoms with E-state index < -0.39 is 17.6 Å². The van der Waals surface area contributed by atoms with Crippen LogP contribution in [0.5, 0.6) is 0 Å². The van der Waals surface area contributed by atoms with Crippen molar-refractivity contribution < 1.29 is 17.6 Å². The topological polar surface area (TPSA) is 51.8 Å². The first-order valence-electron chi connectivity index (χ1n) is 5.25. The highest BCUT2D eigenvalue weighted by molar-refractivity contribution is 5.61. The standard InChI is InChI=1S/C12H9F4N3/c1-6-4-10(19-11(17)18-6)7-2-3-8(9(13)5-7)12(14,15)16/h2-5H,1H3,(H2,17,18,19). The minimum Gasteiger partial charge on any atom is -0.368 e. The van der Waals surface area contributed by atoms with Crippen LogP contribution in [0.15, 0.2) is 24.3 Å². The first-order chi connectivity index (χ1) is 8.77. The summed E-state index contributed by atoms with van der Waals surface area (Å²) in [5.74, 6) is -1.37. The van der Waals surface area contributed by atoms with Gasteiger partial charge in [0.25, 0.3) is 0 Å². The first-order valence-corrected chi connectivity index (χ1v) is 5.25. The lowest BCUT2D eigenvalue weighted by atomic mass is 10.1. The molecule has 0 aliphatic rings. The zero-order valence-electron chi connectivity index (χ0n) is 9.79. The van der Waals surface area contributed by atoms with Crippen molar-refractivity contribution in [2.75, 3.05) is 5.73 Å². The lowest BCUT2D eigenvalue weighted by molar-refractivity contribution is -0.139. The maximum Gasteiger partial charge on any atom is 0.419 e. The van der Waals surface area contributed by atoms with Crippen molar-refractivity contribution in [3.05, 3.63) is 41.3 Å². The fourth-order valence-corrected chi connectivity index (χ4v) is 1.64. The molecule has 7 heteroatoms. The third-order valence-electron chi connectivity index (χ3n) is 2.44. The van der Waals surface area contributed by atoms with Gasteiger partial charge < -0.3 is 5.73 Å². The second-order valence-electron chi connectivity index (χ2n) is 3.95. The van der Waals surface area contributed by atoms with Gasteiger partial charge in [-0.05, 0) is 25.1 Å². The maximum absolute atomic E-state index is 13.4. The molecule has 0 aliphatic carbocycles. The van der Waals surface area contributed by atoms with Crippen molar-refractivity contribution in [3.8, 4) is 11.3 Å². The Labute approximate surface area is 106 Å². The van der Waals surface area contributed by atoms with E-state index in [1.165, 1.54) is 6.07 Å². The Morgan fingerprint density at radius 2 is 1.79 bits per heavy atom. The van der Waals surface area contributed by atoms with Gasteiger partial charge in [-0.25, -0.2) is 14.4 Å². The van der Waals surface area contributed by atoms with Gasteiger partial charge in [-0.2, -0.15) is 13.2 Å². The number of aromatic nitrogens is 2. The van der Waals surface area contributed by atoms with Gasteiger partial charge in [-0.3, -0.25) is 0 Å². The molecular formula is C12H9F4N3. The number of hydrogen-bond donors (Lipinski definition) is 1. The highest BCUT2D eigenvalue weighted by atomic mass is 19.4. The average Bonchev–Trinajstić information content (AvgIpc) is 2.25. The van der Waals surface area contributed by atoms with E-state index in [0.717, 1.165) is 12.1 Å². The minimum atomic E-state index is -4.72. The third kappa shape index (κ3) is 2.81. The highest BCUT2D eigenvalue weighted by Gasteiger charge is 2.34. The van der Waals surface area contributed by atoms with Gasteiger partial charge in [0, 0.05) is 11.3 Å². The predicted molar refractivity (Wildman–Crippen MR) is 61.6 cm³/mol. The number of halogens is 4. The van der Waals surface area contributed by atoms with Crippen LogP contribution in [0.2, 0.25) is 0 Å². The molecule has 0 fully saturated rings. The largest absolute Gasteiger partial charge is 0.419 e. The van der Waals surface area contributed by atoms with Crippen molar-refractivity contribution in [2.24, 2.45) is 0 Å². The Morgan fingerprint density at radius 1 is 1.11 bits per heavy atom. The fourth-order valence-electron chi connectivity index (χ4n) is 1.64. The summed E-state index contributed by atoms with van der Waals surface area (Å²) >= 11 is 0. The molecular weight excluding hydrogens is 262 g/mol. The SMILES string of the molecule is Cc1cc(-c2ccc(C(F)(F)F)c(F)c2)nc(N)n1. The summed E-state index contributed by atoms with van der Waals surface area (Å²) in [6, 6.07) is 4.12. The number of aryl methyl sites for hydroxylation is 1. The Morgan fingerprint density at radius 3 is 2.32 bits per heavy atom. The van der Waals surface area contributed by atoms with E-state index in [0.29, 0.717) is 11.8 Å². The number of rotatable bonds is 1. The smallest absolute Gasteiger partial charge is 0.368 e. The van der Waals surface area contributed by atoms with Crippen molar-refractivity contribution in [1.82, 2.24) is 9.97 Å². The summed E-state index contributed by atoms with van der Waals surface area (Å²) in [7, 11) is 0. The lowest BCUT2D eigenvalue weighted by Crippen LogP contribution is -2.08. The Balaban J connectivity index is 2.50. The number of nitrogen functional groups attached to an aromatic ring is 1. The van der Waals surface area contributed by atoms with Gasteiger partial charge in [0.2, 0.25) is 5.95 Å². The molecule has 0 aliphatic heterocycles. The van der Waals surface area contributed by atoms with Crippen molar-refractivity contribution in [3.63, 3.8) is 0 Å². The Bertz CT molecular complexity index is 603. The van der Waals surface area contributed by atoms with Gasteiger partial charge in [0.05, 0.1) is 11.3 Å². The monoisotopic (exact) mass is 271 g/mol. The van der Waals surface area contributed by atoms with E-state index in [4.69, 9.17) is 5.73 Å². The van der Waals surface area contributed by atoms with Crippen LogP contribution in [0.25, 0.3) is 11.3 Å². The molecule has 0 atom stereocenters. The van der Waals surface area contributed by atoms with E-state index in [9.17, 15) is 17.6 Å². The molecule has 0 radical (unpaired) electrons. The van der Waals surface area contributed by atoms with Crippen LogP contribution in [0.1, 0.15) is 11.3 Å². The molecule has 0 saturated heterocycles. The molecule has 0 spiro atoms. The maximum atomic E-state index is 13.4. The summed E-state index contributed by atoms with van der Waals surface area (Å²) in [6.45, 7) is 1.65. The molecule has 19 heavy (non-hydrogen) atoms. The second kappa shape index (κ2) is 4.49. The second-order valence-corrected chi connectivity index (χ2v) is 3.95. The number of hydrogen-bond acceptors (Lipinski definition) is 3. The molecule has 1 aromatic heterocycles. The first kappa shape index (κ1) is 13.3. The molecule has 0 unspecified atom stereocenters. The Hall–Kier alpha value is -2.18. The quantitative estimate of drug-likeness (QED) is 0.810. The van der Waals surface area contributed by atoms with Gasteiger partial charge in [-0.15, -0.1) is 0 Å². The summed E-state index contributed by atoms with van der Waals surface area (Å²) in [5, 5.41) is 0. The number of nitrogens with zero attached hydrogens (tertiary/aromatic N) is 2. The van der Waals surface area contributed by atoms with Crippen molar-refractivity contribution >= 4 is 5.95 Å². The molecule has 2 rings (SSSR count). The third-order valence-corrected chi connectivity index (χ3v) is 2.44. The van der Waals surface area contributed by atoms with Gasteiger partial charge in [0.15, 0.2) is 0 Å². The molecule has 2 N–H and O–H groups in total. The molecule has 2 aromatic rings. The van der Waals surface area contributed by atoms with Crippen LogP contribution < -0.4 is 5.73 Å². The van der Waals surface area contributed by atoms with Gasteiger partial charge in [0.1, 0.15) is 5.82 Å². The highest BCUT2D eigenvalue weighted by Crippen LogP contribution is 2.33. The zero-order chi connectivity index (χ0) is 14.2. The minimum absolute atomic E-state index is 0.0182. The van der Waals surface area contributed by atoms with E-state index in [1.54, 1.807) is 6.92 Å². The summed E-state index contributed by atoms with van der Waals surface area (Å²) in [4.78, 5) is 7.69. The van der Waals surface area contributed by atoms with Gasteiger partial charge in [-0.1, -0.05) is 6.07 Å². The lowest BCUT2D eigenvalue weighted by Gasteiger charge is -2.09. The zero-order valence-corrected chi connectivity index (χ0v) is 9.79. The summed E-state index contributed by atoms with van der Waals surface area (Å²) in [6.07, 6.45) is -4.72. The number of anilines is 1. The van der Waals surface area contributed by atoms with E-state index in [2.05, 4.69) is 9.97 Å². The van der Waals surface area contributed by atoms with Crippen LogP contribution in [0.3, 0.4) is 0 Å². The van der Waals surface area contributed by atoms with Crippen LogP contribution in [-0.4, -0.2) is 9.97 Å². The average molecular weight is 271 g/mol. The molecule has 3 nitrogen and oxygen atoms in total. The van der Waals surface area contributed by atoms with Crippen molar-refractivity contribution in [2.45, 2.75) is 13.1 Å². The van der Waals surface area contributed by atoms with E-state index in [-0.39, 0.29) is 17.2 Å². The normalized spacial score (nSPS) is 11.6. The molecule has 0 saturated carbocycles. The van der Waals surface area contributed by atoms with Crippen LogP contribution in [0, 0.1) is 12.7 Å². The van der Waals surface area contributed by atoms with Gasteiger partial charge >= 0.3 is 6.18 Å². The fraction of sp³-hybridized carbons (Fsp3) is 0.167. The predicted octanol–water partition coefficient (Wildman–Crippen LogP) is 3.19. The number of benzene rings is 1. The van der Waals surface area contributed by atoms with Crippen LogP contribution in [-0.2, 0) is 6.18 Å². The van der Waals surface area contributed by atoms with Crippen LogP contribution >= 0.6 is 0 Å². The van der Waals surface area contributed by atoms with Crippen molar-refractivity contribution in [1.29, 1.82) is 0 Å². The number of alkyl halides is 3. The molecule has 1 aromatic carbocycles. The summed E-state index contributed by atoms with van der Waals surface area (Å²) < 4.78 is 50.7. The number of nitrogens with two attached hydrogens (primary N) is 1. The van der Waals surface area contributed by atoms with Crippen LogP contribution in [0.4, 0.5) is 23.5 Å². The Kier molecular flexibility index (Phi) is 3.13.